The third-order valence-corrected chi connectivity index (χ3v) is 5.07. The Balaban J connectivity index is 1.65. The summed E-state index contributed by atoms with van der Waals surface area (Å²) >= 11 is 0. The van der Waals surface area contributed by atoms with Crippen molar-refractivity contribution in [3.63, 3.8) is 0 Å². The molecule has 6 nitrogen and oxygen atoms in total. The maximum Gasteiger partial charge on any atom is 0.315 e. The summed E-state index contributed by atoms with van der Waals surface area (Å²) in [6.07, 6.45) is 2.92. The Labute approximate surface area is 164 Å². The molecule has 0 spiro atoms. The smallest absolute Gasteiger partial charge is 0.315 e. The molecule has 0 heterocycles. The largest absolute Gasteiger partial charge is 0.334 e. The van der Waals surface area contributed by atoms with Gasteiger partial charge in [0.25, 0.3) is 0 Å². The molecular weight excluding hydrogens is 354 g/mol. The number of benzene rings is 2. The Hall–Kier alpha value is -3.15. The molecule has 1 aliphatic carbocycles. The van der Waals surface area contributed by atoms with E-state index in [4.69, 9.17) is 0 Å². The van der Waals surface area contributed by atoms with Gasteiger partial charge in [-0.15, -0.1) is 0 Å². The van der Waals surface area contributed by atoms with Crippen LogP contribution in [0.5, 0.6) is 0 Å². The topological polar surface area (TPSA) is 87.3 Å². The summed E-state index contributed by atoms with van der Waals surface area (Å²) in [5, 5.41) is 8.58. The number of hydrogen-bond acceptors (Lipinski definition) is 3. The number of ketones is 1. The summed E-state index contributed by atoms with van der Waals surface area (Å²) in [6, 6.07) is 16.1. The van der Waals surface area contributed by atoms with E-state index in [2.05, 4.69) is 16.0 Å². The van der Waals surface area contributed by atoms with Crippen LogP contribution in [-0.4, -0.2) is 23.3 Å². The van der Waals surface area contributed by atoms with Gasteiger partial charge in [0.2, 0.25) is 5.91 Å². The predicted octanol–water partition coefficient (Wildman–Crippen LogP) is 3.64. The van der Waals surface area contributed by atoms with Gasteiger partial charge in [0.05, 0.1) is 0 Å². The highest BCUT2D eigenvalue weighted by Crippen LogP contribution is 2.31. The number of anilines is 1. The lowest BCUT2D eigenvalue weighted by Crippen LogP contribution is -2.57. The lowest BCUT2D eigenvalue weighted by Gasteiger charge is -2.29. The molecule has 2 aromatic rings. The first-order valence-corrected chi connectivity index (χ1v) is 9.51. The van der Waals surface area contributed by atoms with Gasteiger partial charge in [-0.05, 0) is 37.5 Å². The van der Waals surface area contributed by atoms with Gasteiger partial charge in [0.1, 0.15) is 5.54 Å². The van der Waals surface area contributed by atoms with Crippen molar-refractivity contribution in [1.82, 2.24) is 10.6 Å². The van der Waals surface area contributed by atoms with Gasteiger partial charge >= 0.3 is 6.03 Å². The van der Waals surface area contributed by atoms with Crippen LogP contribution in [0, 0.1) is 0 Å². The van der Waals surface area contributed by atoms with Crippen LogP contribution in [-0.2, 0) is 11.3 Å². The summed E-state index contributed by atoms with van der Waals surface area (Å²) in [5.74, 6) is -0.314. The molecule has 28 heavy (non-hydrogen) atoms. The molecule has 2 aromatic carbocycles. The fourth-order valence-electron chi connectivity index (χ4n) is 3.49. The van der Waals surface area contributed by atoms with Crippen molar-refractivity contribution < 1.29 is 14.4 Å². The van der Waals surface area contributed by atoms with Crippen LogP contribution in [0.25, 0.3) is 0 Å². The van der Waals surface area contributed by atoms with Gasteiger partial charge in [-0.1, -0.05) is 55.3 Å². The second-order valence-electron chi connectivity index (χ2n) is 7.17. The molecule has 1 saturated carbocycles. The number of hydrogen-bond donors (Lipinski definition) is 3. The van der Waals surface area contributed by atoms with Crippen LogP contribution >= 0.6 is 0 Å². The third-order valence-electron chi connectivity index (χ3n) is 5.07. The van der Waals surface area contributed by atoms with Crippen molar-refractivity contribution in [3.05, 3.63) is 65.7 Å². The van der Waals surface area contributed by atoms with Crippen molar-refractivity contribution >= 4 is 23.4 Å². The molecule has 1 aliphatic rings. The van der Waals surface area contributed by atoms with Gasteiger partial charge in [0, 0.05) is 17.8 Å². The number of carbonyl (C=O) groups excluding carboxylic acids is 3. The predicted molar refractivity (Wildman–Crippen MR) is 108 cm³/mol. The van der Waals surface area contributed by atoms with Crippen LogP contribution in [0.1, 0.15) is 48.5 Å². The minimum absolute atomic E-state index is 0.0647. The molecular formula is C22H25N3O3. The molecule has 0 aromatic heterocycles. The highest BCUT2D eigenvalue weighted by atomic mass is 16.2. The molecule has 1 fully saturated rings. The maximum absolute atomic E-state index is 13.0. The second kappa shape index (κ2) is 8.69. The molecule has 0 saturated heterocycles. The molecule has 0 bridgehead atoms. The molecule has 0 radical (unpaired) electrons. The van der Waals surface area contributed by atoms with E-state index in [-0.39, 0.29) is 17.7 Å². The highest BCUT2D eigenvalue weighted by molar-refractivity contribution is 6.02. The second-order valence-corrected chi connectivity index (χ2v) is 7.17. The van der Waals surface area contributed by atoms with E-state index >= 15 is 0 Å². The van der Waals surface area contributed by atoms with E-state index in [1.807, 2.05) is 30.3 Å². The van der Waals surface area contributed by atoms with Crippen molar-refractivity contribution in [1.29, 1.82) is 0 Å². The van der Waals surface area contributed by atoms with Gasteiger partial charge in [0.15, 0.2) is 5.78 Å². The zero-order valence-electron chi connectivity index (χ0n) is 16.0. The van der Waals surface area contributed by atoms with Crippen LogP contribution in [0.3, 0.4) is 0 Å². The van der Waals surface area contributed by atoms with Gasteiger partial charge in [-0.2, -0.15) is 0 Å². The monoisotopic (exact) mass is 379 g/mol. The molecule has 0 unspecified atom stereocenters. The zero-order valence-corrected chi connectivity index (χ0v) is 16.0. The van der Waals surface area contributed by atoms with E-state index in [0.29, 0.717) is 30.6 Å². The minimum atomic E-state index is -0.938. The highest BCUT2D eigenvalue weighted by Gasteiger charge is 2.42. The van der Waals surface area contributed by atoms with Gasteiger partial charge in [-0.3, -0.25) is 9.59 Å². The van der Waals surface area contributed by atoms with Crippen LogP contribution in [0.4, 0.5) is 10.5 Å². The number of Topliss-reactive ketones (excluding diaryl/α,β-unsaturated/α-hetero) is 1. The van der Waals surface area contributed by atoms with Crippen LogP contribution in [0.2, 0.25) is 0 Å². The number of amides is 3. The van der Waals surface area contributed by atoms with E-state index in [9.17, 15) is 14.4 Å². The first-order chi connectivity index (χ1) is 13.5. The van der Waals surface area contributed by atoms with Gasteiger partial charge < -0.3 is 16.0 Å². The van der Waals surface area contributed by atoms with Crippen molar-refractivity contribution in [2.75, 3.05) is 5.32 Å². The lowest BCUT2D eigenvalue weighted by molar-refractivity contribution is -0.121. The van der Waals surface area contributed by atoms with Crippen molar-refractivity contribution in [3.8, 4) is 0 Å². The lowest BCUT2D eigenvalue weighted by atomic mass is 9.96. The van der Waals surface area contributed by atoms with Crippen LogP contribution in [0.15, 0.2) is 54.6 Å². The van der Waals surface area contributed by atoms with Gasteiger partial charge in [-0.25, -0.2) is 4.79 Å². The minimum Gasteiger partial charge on any atom is -0.334 e. The fourth-order valence-corrected chi connectivity index (χ4v) is 3.49. The molecule has 3 rings (SSSR count). The molecule has 3 N–H and O–H groups in total. The fraction of sp³-hybridized carbons (Fsp3) is 0.318. The average Bonchev–Trinajstić information content (AvgIpc) is 3.17. The summed E-state index contributed by atoms with van der Waals surface area (Å²) in [6.45, 7) is 1.88. The maximum atomic E-state index is 13.0. The van der Waals surface area contributed by atoms with E-state index in [1.165, 1.54) is 6.92 Å². The summed E-state index contributed by atoms with van der Waals surface area (Å²) in [5.41, 5.74) is 1.14. The quantitative estimate of drug-likeness (QED) is 0.670. The summed E-state index contributed by atoms with van der Waals surface area (Å²) in [7, 11) is 0. The molecule has 3 amide bonds. The van der Waals surface area contributed by atoms with Crippen molar-refractivity contribution in [2.45, 2.75) is 44.7 Å². The molecule has 146 valence electrons. The Kier molecular flexibility index (Phi) is 6.09. The molecule has 0 aliphatic heterocycles. The first kappa shape index (κ1) is 19.6. The van der Waals surface area contributed by atoms with E-state index in [0.717, 1.165) is 18.4 Å². The zero-order chi connectivity index (χ0) is 20.0. The number of carbonyl (C=O) groups is 3. The number of nitrogens with one attached hydrogen (secondary N) is 3. The van der Waals surface area contributed by atoms with E-state index in [1.54, 1.807) is 24.3 Å². The van der Waals surface area contributed by atoms with E-state index < -0.39 is 5.54 Å². The summed E-state index contributed by atoms with van der Waals surface area (Å²) in [4.78, 5) is 37.0. The number of rotatable bonds is 6. The molecule has 0 atom stereocenters. The Morgan fingerprint density at radius 1 is 0.964 bits per heavy atom. The van der Waals surface area contributed by atoms with Crippen LogP contribution < -0.4 is 16.0 Å². The Morgan fingerprint density at radius 2 is 1.68 bits per heavy atom. The normalized spacial score (nSPS) is 14.9. The molecule has 6 heteroatoms. The van der Waals surface area contributed by atoms with Crippen molar-refractivity contribution in [2.24, 2.45) is 0 Å². The Bertz CT molecular complexity index is 858. The average molecular weight is 379 g/mol. The standard InChI is InChI=1S/C22H25N3O3/c1-16(26)18-10-7-11-19(14-18)24-20(27)22(12-5-6-13-22)25-21(28)23-15-17-8-3-2-4-9-17/h2-4,7-11,14H,5-6,12-13,15H2,1H3,(H,24,27)(H2,23,25,28). The SMILES string of the molecule is CC(=O)c1cccc(NC(=O)C2(NC(=O)NCc3ccccc3)CCCC2)c1. The first-order valence-electron chi connectivity index (χ1n) is 9.51. The number of urea groups is 1. The third kappa shape index (κ3) is 4.76. The summed E-state index contributed by atoms with van der Waals surface area (Å²) < 4.78 is 0. The Morgan fingerprint density at radius 3 is 2.36 bits per heavy atom.